The molecular weight excluding hydrogens is 278 g/mol. The van der Waals surface area contributed by atoms with Gasteiger partial charge >= 0.3 is 0 Å². The molecule has 0 radical (unpaired) electrons. The number of carbonyl (C=O) groups is 1. The van der Waals surface area contributed by atoms with Crippen LogP contribution in [-0.4, -0.2) is 10.9 Å². The lowest BCUT2D eigenvalue weighted by atomic mass is 10.0. The molecule has 22 heavy (non-hydrogen) atoms. The summed E-state index contributed by atoms with van der Waals surface area (Å²) in [5, 5.41) is 0.751. The Morgan fingerprint density at radius 2 is 1.86 bits per heavy atom. The maximum Gasteiger partial charge on any atom is 0.286 e. The van der Waals surface area contributed by atoms with Gasteiger partial charge in [-0.25, -0.2) is 4.98 Å². The van der Waals surface area contributed by atoms with Crippen molar-refractivity contribution in [3.8, 4) is 11.3 Å². The number of nitrogen functional groups attached to an aromatic ring is 1. The first-order valence-electron chi connectivity index (χ1n) is 7.25. The highest BCUT2D eigenvalue weighted by molar-refractivity contribution is 6.06. The first-order chi connectivity index (χ1) is 10.7. The average Bonchev–Trinajstić information content (AvgIpc) is 3.11. The monoisotopic (exact) mass is 293 g/mol. The van der Waals surface area contributed by atoms with Crippen LogP contribution in [0.1, 0.15) is 28.1 Å². The summed E-state index contributed by atoms with van der Waals surface area (Å²) in [7, 11) is 0. The van der Waals surface area contributed by atoms with Crippen molar-refractivity contribution in [2.75, 3.05) is 5.73 Å². The number of nitrogens with two attached hydrogens (primary N) is 2. The van der Waals surface area contributed by atoms with Gasteiger partial charge in [-0.2, -0.15) is 0 Å². The van der Waals surface area contributed by atoms with Gasteiger partial charge < -0.3 is 15.9 Å². The van der Waals surface area contributed by atoms with Crippen LogP contribution in [0.5, 0.6) is 0 Å². The molecule has 1 aliphatic carbocycles. The van der Waals surface area contributed by atoms with Crippen molar-refractivity contribution >= 4 is 22.7 Å². The Bertz CT molecular complexity index is 897. The number of aryl methyl sites for hydroxylation is 1. The number of anilines is 1. The largest absolute Gasteiger partial charge is 0.430 e. The molecule has 110 valence electrons. The molecule has 0 saturated carbocycles. The van der Waals surface area contributed by atoms with E-state index in [4.69, 9.17) is 15.9 Å². The Morgan fingerprint density at radius 1 is 1.14 bits per heavy atom. The van der Waals surface area contributed by atoms with E-state index < -0.39 is 5.91 Å². The maximum absolute atomic E-state index is 11.5. The van der Waals surface area contributed by atoms with Gasteiger partial charge in [-0.1, -0.05) is 30.3 Å². The van der Waals surface area contributed by atoms with Gasteiger partial charge in [0.25, 0.3) is 5.91 Å². The number of primary amides is 1. The normalized spacial score (nSPS) is 13.5. The summed E-state index contributed by atoms with van der Waals surface area (Å²) in [6.07, 6.45) is 2.92. The summed E-state index contributed by atoms with van der Waals surface area (Å²) < 4.78 is 5.54. The predicted octanol–water partition coefficient (Wildman–Crippen LogP) is 2.66. The van der Waals surface area contributed by atoms with Gasteiger partial charge in [-0.3, -0.25) is 4.79 Å². The van der Waals surface area contributed by atoms with Crippen molar-refractivity contribution in [3.63, 3.8) is 0 Å². The second-order valence-corrected chi connectivity index (χ2v) is 5.53. The number of carbonyl (C=O) groups excluding carboxylic acids is 1. The molecule has 1 amide bonds. The fourth-order valence-corrected chi connectivity index (χ4v) is 3.27. The summed E-state index contributed by atoms with van der Waals surface area (Å²) in [5.41, 5.74) is 16.4. The number of rotatable bonds is 2. The van der Waals surface area contributed by atoms with Crippen molar-refractivity contribution in [3.05, 3.63) is 47.2 Å². The standard InChI is InChI=1S/C17H15N3O2/c18-13-12-10-7-4-8-11(10)14(9-5-2-1-3-6-9)20-17(12)22-15(13)16(19)21/h1-3,5-6H,4,7-8,18H2,(H2,19,21). The Labute approximate surface area is 126 Å². The highest BCUT2D eigenvalue weighted by Crippen LogP contribution is 2.40. The van der Waals surface area contributed by atoms with Crippen LogP contribution in [0.3, 0.4) is 0 Å². The van der Waals surface area contributed by atoms with Crippen LogP contribution in [0.15, 0.2) is 34.7 Å². The fourth-order valence-electron chi connectivity index (χ4n) is 3.27. The molecule has 1 aliphatic rings. The van der Waals surface area contributed by atoms with E-state index in [0.717, 1.165) is 41.5 Å². The van der Waals surface area contributed by atoms with Crippen LogP contribution in [0.2, 0.25) is 0 Å². The third-order valence-corrected chi connectivity index (χ3v) is 4.22. The maximum atomic E-state index is 11.5. The van der Waals surface area contributed by atoms with Crippen molar-refractivity contribution in [1.29, 1.82) is 0 Å². The summed E-state index contributed by atoms with van der Waals surface area (Å²) in [6.45, 7) is 0. The Kier molecular flexibility index (Phi) is 2.69. The summed E-state index contributed by atoms with van der Waals surface area (Å²) >= 11 is 0. The van der Waals surface area contributed by atoms with Crippen LogP contribution in [0.25, 0.3) is 22.4 Å². The zero-order valence-electron chi connectivity index (χ0n) is 11.9. The highest BCUT2D eigenvalue weighted by Gasteiger charge is 2.27. The van der Waals surface area contributed by atoms with Crippen LogP contribution >= 0.6 is 0 Å². The van der Waals surface area contributed by atoms with E-state index in [9.17, 15) is 4.79 Å². The summed E-state index contributed by atoms with van der Waals surface area (Å²) in [5.74, 6) is -0.662. The number of aromatic nitrogens is 1. The lowest BCUT2D eigenvalue weighted by molar-refractivity contribution is 0.0977. The molecule has 4 rings (SSSR count). The predicted molar refractivity (Wildman–Crippen MR) is 84.4 cm³/mol. The Balaban J connectivity index is 2.07. The molecule has 1 aromatic carbocycles. The average molecular weight is 293 g/mol. The number of nitrogens with zero attached hydrogens (tertiary/aromatic N) is 1. The Hall–Kier alpha value is -2.82. The molecule has 0 bridgehead atoms. The Morgan fingerprint density at radius 3 is 2.59 bits per heavy atom. The molecular formula is C17H15N3O2. The molecule has 3 aromatic rings. The molecule has 0 atom stereocenters. The van der Waals surface area contributed by atoms with E-state index in [0.29, 0.717) is 11.4 Å². The van der Waals surface area contributed by atoms with E-state index in [2.05, 4.69) is 4.98 Å². The lowest BCUT2D eigenvalue weighted by Crippen LogP contribution is -2.11. The van der Waals surface area contributed by atoms with Gasteiger partial charge in [-0.05, 0) is 30.4 Å². The van der Waals surface area contributed by atoms with Crippen molar-refractivity contribution in [2.45, 2.75) is 19.3 Å². The topological polar surface area (TPSA) is 95.1 Å². The number of furan rings is 1. The molecule has 0 saturated heterocycles. The van der Waals surface area contributed by atoms with Crippen molar-refractivity contribution in [2.24, 2.45) is 5.73 Å². The molecule has 2 heterocycles. The van der Waals surface area contributed by atoms with Crippen LogP contribution in [0, 0.1) is 0 Å². The van der Waals surface area contributed by atoms with Gasteiger partial charge in [-0.15, -0.1) is 0 Å². The quantitative estimate of drug-likeness (QED) is 0.759. The highest BCUT2D eigenvalue weighted by atomic mass is 16.4. The molecule has 4 N–H and O–H groups in total. The zero-order valence-corrected chi connectivity index (χ0v) is 11.9. The second-order valence-electron chi connectivity index (χ2n) is 5.53. The van der Waals surface area contributed by atoms with Gasteiger partial charge in [0.1, 0.15) is 0 Å². The molecule has 2 aromatic heterocycles. The van der Waals surface area contributed by atoms with E-state index in [-0.39, 0.29) is 5.76 Å². The lowest BCUT2D eigenvalue weighted by Gasteiger charge is -2.08. The van der Waals surface area contributed by atoms with Gasteiger partial charge in [0, 0.05) is 5.56 Å². The molecule has 5 heteroatoms. The minimum absolute atomic E-state index is 0.00168. The molecule has 5 nitrogen and oxygen atoms in total. The molecule has 0 fully saturated rings. The SMILES string of the molecule is NC(=O)c1oc2nc(-c3ccccc3)c3c(c2c1N)CCC3. The molecule has 0 aliphatic heterocycles. The zero-order chi connectivity index (χ0) is 15.3. The minimum atomic E-state index is -0.663. The number of fused-ring (bicyclic) bond motifs is 3. The van der Waals surface area contributed by atoms with Crippen LogP contribution in [-0.2, 0) is 12.8 Å². The van der Waals surface area contributed by atoms with Gasteiger partial charge in [0.2, 0.25) is 11.5 Å². The minimum Gasteiger partial charge on any atom is -0.430 e. The van der Waals surface area contributed by atoms with E-state index in [1.54, 1.807) is 0 Å². The summed E-state index contributed by atoms with van der Waals surface area (Å²) in [4.78, 5) is 16.1. The third-order valence-electron chi connectivity index (χ3n) is 4.22. The van der Waals surface area contributed by atoms with Gasteiger partial charge in [0.15, 0.2) is 0 Å². The first kappa shape index (κ1) is 12.9. The van der Waals surface area contributed by atoms with Crippen molar-refractivity contribution < 1.29 is 9.21 Å². The molecule has 0 unspecified atom stereocenters. The van der Waals surface area contributed by atoms with Crippen LogP contribution < -0.4 is 11.5 Å². The number of amides is 1. The number of benzene rings is 1. The van der Waals surface area contributed by atoms with E-state index in [1.807, 2.05) is 30.3 Å². The third kappa shape index (κ3) is 1.72. The first-order valence-corrected chi connectivity index (χ1v) is 7.25. The number of pyridine rings is 1. The second kappa shape index (κ2) is 4.59. The van der Waals surface area contributed by atoms with Crippen LogP contribution in [0.4, 0.5) is 5.69 Å². The number of hydrogen-bond donors (Lipinski definition) is 2. The van der Waals surface area contributed by atoms with Gasteiger partial charge in [0.05, 0.1) is 16.8 Å². The summed E-state index contributed by atoms with van der Waals surface area (Å²) in [6, 6.07) is 9.97. The van der Waals surface area contributed by atoms with E-state index >= 15 is 0 Å². The van der Waals surface area contributed by atoms with Crippen molar-refractivity contribution in [1.82, 2.24) is 4.98 Å². The fraction of sp³-hybridized carbons (Fsp3) is 0.176. The smallest absolute Gasteiger partial charge is 0.286 e. The van der Waals surface area contributed by atoms with E-state index in [1.165, 1.54) is 5.56 Å². The number of hydrogen-bond acceptors (Lipinski definition) is 4. The molecule has 0 spiro atoms.